The van der Waals surface area contributed by atoms with E-state index in [1.807, 2.05) is 48.6 Å². The molecule has 0 radical (unpaired) electrons. The van der Waals surface area contributed by atoms with E-state index >= 15 is 0 Å². The molecule has 0 amide bonds. The zero-order chi connectivity index (χ0) is 11.4. The highest BCUT2D eigenvalue weighted by molar-refractivity contribution is 5.99. The highest BCUT2D eigenvalue weighted by atomic mass is 16.5. The standard InChI is InChI=1S/C14H14O2/c1-16-13-10-6-5-9-12(13)14(15)11-7-3-2-4-8-11/h2-8,10,12H,9H2,1H3. The summed E-state index contributed by atoms with van der Waals surface area (Å²) in [5.41, 5.74) is 0.741. The van der Waals surface area contributed by atoms with Crippen LogP contribution in [0.2, 0.25) is 0 Å². The molecule has 0 bridgehead atoms. The first-order valence-electron chi connectivity index (χ1n) is 5.33. The van der Waals surface area contributed by atoms with Crippen LogP contribution in [0.5, 0.6) is 0 Å². The zero-order valence-corrected chi connectivity index (χ0v) is 9.22. The summed E-state index contributed by atoms with van der Waals surface area (Å²) in [5, 5.41) is 0. The number of benzene rings is 1. The smallest absolute Gasteiger partial charge is 0.173 e. The lowest BCUT2D eigenvalue weighted by Gasteiger charge is -2.19. The van der Waals surface area contributed by atoms with Gasteiger partial charge in [-0.15, -0.1) is 0 Å². The van der Waals surface area contributed by atoms with Crippen LogP contribution in [0.4, 0.5) is 0 Å². The van der Waals surface area contributed by atoms with Gasteiger partial charge in [0.25, 0.3) is 0 Å². The van der Waals surface area contributed by atoms with Crippen LogP contribution in [0.1, 0.15) is 16.8 Å². The summed E-state index contributed by atoms with van der Waals surface area (Å²) in [6.45, 7) is 0. The number of hydrogen-bond acceptors (Lipinski definition) is 2. The normalized spacial score (nSPS) is 19.1. The quantitative estimate of drug-likeness (QED) is 0.723. The Morgan fingerprint density at radius 2 is 2.06 bits per heavy atom. The van der Waals surface area contributed by atoms with E-state index in [4.69, 9.17) is 4.74 Å². The minimum atomic E-state index is -0.169. The third kappa shape index (κ3) is 2.06. The van der Waals surface area contributed by atoms with E-state index in [2.05, 4.69) is 0 Å². The second-order valence-electron chi connectivity index (χ2n) is 3.72. The first kappa shape index (κ1) is 10.7. The molecular formula is C14H14O2. The Morgan fingerprint density at radius 1 is 1.31 bits per heavy atom. The molecule has 1 aromatic rings. The summed E-state index contributed by atoms with van der Waals surface area (Å²) in [4.78, 5) is 12.2. The molecule has 2 heteroatoms. The molecule has 0 aliphatic heterocycles. The van der Waals surface area contributed by atoms with Gasteiger partial charge in [0.05, 0.1) is 13.0 Å². The van der Waals surface area contributed by atoms with Crippen LogP contribution >= 0.6 is 0 Å². The van der Waals surface area contributed by atoms with E-state index in [-0.39, 0.29) is 11.7 Å². The van der Waals surface area contributed by atoms with Crippen LogP contribution in [0.15, 0.2) is 54.3 Å². The van der Waals surface area contributed by atoms with E-state index in [9.17, 15) is 4.79 Å². The summed E-state index contributed by atoms with van der Waals surface area (Å²) in [6.07, 6.45) is 6.49. The van der Waals surface area contributed by atoms with Crippen LogP contribution in [0.25, 0.3) is 0 Å². The fraction of sp³-hybridized carbons (Fsp3) is 0.214. The molecule has 82 valence electrons. The maximum atomic E-state index is 12.2. The monoisotopic (exact) mass is 214 g/mol. The van der Waals surface area contributed by atoms with Gasteiger partial charge in [0.15, 0.2) is 5.78 Å². The van der Waals surface area contributed by atoms with Gasteiger partial charge in [-0.05, 0) is 12.5 Å². The van der Waals surface area contributed by atoms with E-state index < -0.39 is 0 Å². The predicted octanol–water partition coefficient (Wildman–Crippen LogP) is 2.98. The first-order valence-corrected chi connectivity index (χ1v) is 5.33. The van der Waals surface area contributed by atoms with Crippen molar-refractivity contribution < 1.29 is 9.53 Å². The van der Waals surface area contributed by atoms with Gasteiger partial charge in [-0.25, -0.2) is 0 Å². The minimum absolute atomic E-state index is 0.123. The predicted molar refractivity (Wildman–Crippen MR) is 63.1 cm³/mol. The van der Waals surface area contributed by atoms with E-state index in [0.717, 1.165) is 11.3 Å². The van der Waals surface area contributed by atoms with E-state index in [1.165, 1.54) is 0 Å². The number of rotatable bonds is 3. The van der Waals surface area contributed by atoms with E-state index in [1.54, 1.807) is 7.11 Å². The van der Waals surface area contributed by atoms with Crippen LogP contribution in [-0.2, 0) is 4.74 Å². The number of hydrogen-bond donors (Lipinski definition) is 0. The maximum Gasteiger partial charge on any atom is 0.173 e. The molecule has 16 heavy (non-hydrogen) atoms. The van der Waals surface area contributed by atoms with Crippen molar-refractivity contribution in [1.29, 1.82) is 0 Å². The average Bonchev–Trinajstić information content (AvgIpc) is 2.39. The molecule has 0 saturated heterocycles. The van der Waals surface area contributed by atoms with Crippen LogP contribution in [0.3, 0.4) is 0 Å². The van der Waals surface area contributed by atoms with Gasteiger partial charge < -0.3 is 4.74 Å². The fourth-order valence-corrected chi connectivity index (χ4v) is 1.86. The van der Waals surface area contributed by atoms with Gasteiger partial charge in [0.1, 0.15) is 5.76 Å². The molecule has 1 aromatic carbocycles. The van der Waals surface area contributed by atoms with Gasteiger partial charge >= 0.3 is 0 Å². The Morgan fingerprint density at radius 3 is 2.75 bits per heavy atom. The highest BCUT2D eigenvalue weighted by Gasteiger charge is 2.24. The molecule has 0 heterocycles. The Labute approximate surface area is 95.2 Å². The molecule has 0 N–H and O–H groups in total. The van der Waals surface area contributed by atoms with Crippen molar-refractivity contribution in [3.63, 3.8) is 0 Å². The third-order valence-corrected chi connectivity index (χ3v) is 2.72. The summed E-state index contributed by atoms with van der Waals surface area (Å²) >= 11 is 0. The zero-order valence-electron chi connectivity index (χ0n) is 9.22. The molecule has 0 spiro atoms. The maximum absolute atomic E-state index is 12.2. The fourth-order valence-electron chi connectivity index (χ4n) is 1.86. The second kappa shape index (κ2) is 4.79. The Bertz CT molecular complexity index is 429. The van der Waals surface area contributed by atoms with Crippen molar-refractivity contribution in [3.05, 3.63) is 59.9 Å². The summed E-state index contributed by atoms with van der Waals surface area (Å²) < 4.78 is 5.24. The largest absolute Gasteiger partial charge is 0.500 e. The molecular weight excluding hydrogens is 200 g/mol. The number of Topliss-reactive ketones (excluding diaryl/α,β-unsaturated/α-hetero) is 1. The van der Waals surface area contributed by atoms with Crippen molar-refractivity contribution in [1.82, 2.24) is 0 Å². The number of methoxy groups -OCH3 is 1. The molecule has 0 saturated carbocycles. The van der Waals surface area contributed by atoms with Crippen LogP contribution in [-0.4, -0.2) is 12.9 Å². The lowest BCUT2D eigenvalue weighted by molar-refractivity contribution is 0.0897. The Hall–Kier alpha value is -1.83. The molecule has 1 aliphatic rings. The first-order chi connectivity index (χ1) is 7.83. The van der Waals surface area contributed by atoms with Crippen LogP contribution < -0.4 is 0 Å². The van der Waals surface area contributed by atoms with Gasteiger partial charge in [-0.2, -0.15) is 0 Å². The van der Waals surface area contributed by atoms with Gasteiger partial charge in [-0.3, -0.25) is 4.79 Å². The Kier molecular flexibility index (Phi) is 3.20. The SMILES string of the molecule is COC1=CC=CCC1C(=O)c1ccccc1. The number of ketones is 1. The third-order valence-electron chi connectivity index (χ3n) is 2.72. The van der Waals surface area contributed by atoms with Gasteiger partial charge in [0, 0.05) is 5.56 Å². The number of carbonyl (C=O) groups excluding carboxylic acids is 1. The number of carbonyl (C=O) groups is 1. The molecule has 1 unspecified atom stereocenters. The van der Waals surface area contributed by atoms with Gasteiger partial charge in [-0.1, -0.05) is 42.5 Å². The lowest BCUT2D eigenvalue weighted by atomic mass is 9.90. The second-order valence-corrected chi connectivity index (χ2v) is 3.72. The van der Waals surface area contributed by atoms with Crippen molar-refractivity contribution in [2.75, 3.05) is 7.11 Å². The molecule has 1 aliphatic carbocycles. The summed E-state index contributed by atoms with van der Waals surface area (Å²) in [5.74, 6) is 0.701. The van der Waals surface area contributed by atoms with E-state index in [0.29, 0.717) is 6.42 Å². The average molecular weight is 214 g/mol. The summed E-state index contributed by atoms with van der Waals surface area (Å²) in [7, 11) is 1.61. The number of allylic oxidation sites excluding steroid dienone is 4. The lowest BCUT2D eigenvalue weighted by Crippen LogP contribution is -2.19. The van der Waals surface area contributed by atoms with Gasteiger partial charge in [0.2, 0.25) is 0 Å². The summed E-state index contributed by atoms with van der Waals surface area (Å²) in [6, 6.07) is 9.34. The molecule has 0 aromatic heterocycles. The topological polar surface area (TPSA) is 26.3 Å². The molecule has 0 fully saturated rings. The molecule has 1 atom stereocenters. The van der Waals surface area contributed by atoms with Crippen molar-refractivity contribution in [2.45, 2.75) is 6.42 Å². The van der Waals surface area contributed by atoms with Crippen molar-refractivity contribution in [2.24, 2.45) is 5.92 Å². The van der Waals surface area contributed by atoms with Crippen molar-refractivity contribution >= 4 is 5.78 Å². The van der Waals surface area contributed by atoms with Crippen LogP contribution in [0, 0.1) is 5.92 Å². The minimum Gasteiger partial charge on any atom is -0.500 e. The molecule has 2 nitrogen and oxygen atoms in total. The molecule has 2 rings (SSSR count). The Balaban J connectivity index is 2.23. The van der Waals surface area contributed by atoms with Crippen molar-refractivity contribution in [3.8, 4) is 0 Å². The number of ether oxygens (including phenoxy) is 1. The highest BCUT2D eigenvalue weighted by Crippen LogP contribution is 2.24.